The van der Waals surface area contributed by atoms with E-state index in [1.807, 2.05) is 0 Å². The number of nitrogens with zero attached hydrogens (tertiary/aromatic N) is 3. The van der Waals surface area contributed by atoms with Crippen LogP contribution < -0.4 is 5.32 Å². The second-order valence-corrected chi connectivity index (χ2v) is 7.18. The number of aliphatic hydroxyl groups is 1. The average molecular weight is 329 g/mol. The lowest BCUT2D eigenvalue weighted by Crippen LogP contribution is -2.44. The van der Waals surface area contributed by atoms with Crippen molar-refractivity contribution >= 4 is 17.6 Å². The van der Waals surface area contributed by atoms with Crippen molar-refractivity contribution in [3.8, 4) is 0 Å². The molecule has 1 atom stereocenters. The van der Waals surface area contributed by atoms with Gasteiger partial charge in [-0.15, -0.1) is 0 Å². The zero-order chi connectivity index (χ0) is 16.2. The molecule has 0 spiro atoms. The summed E-state index contributed by atoms with van der Waals surface area (Å²) < 4.78 is 1.76. The molecular formula is C15H25ClN4O2. The Hall–Kier alpha value is -1.27. The molecule has 1 aliphatic heterocycles. The molecule has 1 aliphatic rings. The Kier molecular flexibility index (Phi) is 5.69. The standard InChI is InChI=1S/C15H25ClN4O2/c1-15(2)8-13(21)4-7-19(11-15)14(22)17-5-3-6-20-10-12(16)9-18-20/h9-10,13,21H,3-8,11H2,1-2H3,(H,17,22)/t13-/m0/s1. The first kappa shape index (κ1) is 17.1. The van der Waals surface area contributed by atoms with Crippen LogP contribution in [-0.2, 0) is 6.54 Å². The quantitative estimate of drug-likeness (QED) is 0.832. The summed E-state index contributed by atoms with van der Waals surface area (Å²) in [5, 5.41) is 17.5. The van der Waals surface area contributed by atoms with Gasteiger partial charge in [0.2, 0.25) is 0 Å². The Morgan fingerprint density at radius 3 is 3.05 bits per heavy atom. The second-order valence-electron chi connectivity index (χ2n) is 6.74. The van der Waals surface area contributed by atoms with Crippen LogP contribution in [0.4, 0.5) is 4.79 Å². The molecule has 2 heterocycles. The maximum atomic E-state index is 12.3. The van der Waals surface area contributed by atoms with Crippen molar-refractivity contribution in [1.29, 1.82) is 0 Å². The van der Waals surface area contributed by atoms with Crippen LogP contribution in [0.3, 0.4) is 0 Å². The molecule has 7 heteroatoms. The number of carbonyl (C=O) groups is 1. The topological polar surface area (TPSA) is 70.4 Å². The lowest BCUT2D eigenvalue weighted by Gasteiger charge is -2.29. The lowest BCUT2D eigenvalue weighted by molar-refractivity contribution is 0.121. The Balaban J connectivity index is 1.74. The highest BCUT2D eigenvalue weighted by Crippen LogP contribution is 2.28. The summed E-state index contributed by atoms with van der Waals surface area (Å²) in [7, 11) is 0. The van der Waals surface area contributed by atoms with E-state index in [0.717, 1.165) is 19.4 Å². The molecule has 0 saturated carbocycles. The normalized spacial score (nSPS) is 21.5. The van der Waals surface area contributed by atoms with Gasteiger partial charge < -0.3 is 15.3 Å². The number of hydrogen-bond acceptors (Lipinski definition) is 3. The van der Waals surface area contributed by atoms with Crippen molar-refractivity contribution in [3.05, 3.63) is 17.4 Å². The monoisotopic (exact) mass is 328 g/mol. The fourth-order valence-electron chi connectivity index (χ4n) is 2.89. The summed E-state index contributed by atoms with van der Waals surface area (Å²) in [5.74, 6) is 0. The van der Waals surface area contributed by atoms with Crippen LogP contribution in [-0.4, -0.2) is 51.6 Å². The third-order valence-electron chi connectivity index (χ3n) is 3.87. The maximum Gasteiger partial charge on any atom is 0.317 e. The van der Waals surface area contributed by atoms with Crippen LogP contribution in [0, 0.1) is 5.41 Å². The molecular weight excluding hydrogens is 304 g/mol. The summed E-state index contributed by atoms with van der Waals surface area (Å²) >= 11 is 5.80. The SMILES string of the molecule is CC1(C)C[C@@H](O)CCN(C(=O)NCCCn2cc(Cl)cn2)C1. The molecule has 1 saturated heterocycles. The number of aliphatic hydroxyl groups excluding tert-OH is 1. The number of halogens is 1. The highest BCUT2D eigenvalue weighted by atomic mass is 35.5. The van der Waals surface area contributed by atoms with Gasteiger partial charge in [0.1, 0.15) is 0 Å². The molecule has 0 unspecified atom stereocenters. The van der Waals surface area contributed by atoms with Crippen molar-refractivity contribution in [2.75, 3.05) is 19.6 Å². The predicted molar refractivity (Wildman–Crippen MR) is 85.8 cm³/mol. The number of aromatic nitrogens is 2. The molecule has 2 amide bonds. The molecule has 2 N–H and O–H groups in total. The molecule has 0 radical (unpaired) electrons. The van der Waals surface area contributed by atoms with Gasteiger partial charge in [-0.25, -0.2) is 4.79 Å². The lowest BCUT2D eigenvalue weighted by atomic mass is 9.87. The molecule has 0 bridgehead atoms. The van der Waals surface area contributed by atoms with Gasteiger partial charge in [0.25, 0.3) is 0 Å². The number of rotatable bonds is 4. The molecule has 0 aliphatic carbocycles. The van der Waals surface area contributed by atoms with Crippen LogP contribution in [0.5, 0.6) is 0 Å². The Morgan fingerprint density at radius 1 is 1.59 bits per heavy atom. The molecule has 6 nitrogen and oxygen atoms in total. The minimum absolute atomic E-state index is 0.0549. The molecule has 124 valence electrons. The minimum Gasteiger partial charge on any atom is -0.393 e. The fraction of sp³-hybridized carbons (Fsp3) is 0.733. The summed E-state index contributed by atoms with van der Waals surface area (Å²) in [6.07, 6.45) is 5.22. The summed E-state index contributed by atoms with van der Waals surface area (Å²) in [5.41, 5.74) is -0.0565. The van der Waals surface area contributed by atoms with E-state index in [0.29, 0.717) is 31.1 Å². The number of hydrogen-bond donors (Lipinski definition) is 2. The van der Waals surface area contributed by atoms with Gasteiger partial charge >= 0.3 is 6.03 Å². The highest BCUT2D eigenvalue weighted by Gasteiger charge is 2.31. The van der Waals surface area contributed by atoms with Gasteiger partial charge in [0.15, 0.2) is 0 Å². The van der Waals surface area contributed by atoms with Crippen molar-refractivity contribution < 1.29 is 9.90 Å². The van der Waals surface area contributed by atoms with Crippen molar-refractivity contribution in [3.63, 3.8) is 0 Å². The number of amides is 2. The van der Waals surface area contributed by atoms with Crippen LogP contribution >= 0.6 is 11.6 Å². The maximum absolute atomic E-state index is 12.3. The largest absolute Gasteiger partial charge is 0.393 e. The van der Waals surface area contributed by atoms with E-state index in [-0.39, 0.29) is 17.6 Å². The summed E-state index contributed by atoms with van der Waals surface area (Å²) in [6.45, 7) is 6.76. The fourth-order valence-corrected chi connectivity index (χ4v) is 3.04. The molecule has 1 aromatic heterocycles. The van der Waals surface area contributed by atoms with Gasteiger partial charge in [0, 0.05) is 32.4 Å². The number of likely N-dealkylation sites (tertiary alicyclic amines) is 1. The van der Waals surface area contributed by atoms with E-state index in [4.69, 9.17) is 11.6 Å². The molecule has 1 aromatic rings. The number of urea groups is 1. The van der Waals surface area contributed by atoms with Gasteiger partial charge in [-0.2, -0.15) is 5.10 Å². The van der Waals surface area contributed by atoms with Crippen LogP contribution in [0.2, 0.25) is 5.02 Å². The predicted octanol–water partition coefficient (Wildman–Crippen LogP) is 2.12. The molecule has 22 heavy (non-hydrogen) atoms. The van der Waals surface area contributed by atoms with Crippen LogP contribution in [0.25, 0.3) is 0 Å². The first-order valence-electron chi connectivity index (χ1n) is 7.74. The van der Waals surface area contributed by atoms with E-state index in [2.05, 4.69) is 24.3 Å². The molecule has 1 fully saturated rings. The third-order valence-corrected chi connectivity index (χ3v) is 4.06. The van der Waals surface area contributed by atoms with E-state index < -0.39 is 0 Å². The van der Waals surface area contributed by atoms with E-state index in [1.165, 1.54) is 0 Å². The molecule has 0 aromatic carbocycles. The second kappa shape index (κ2) is 7.33. The zero-order valence-electron chi connectivity index (χ0n) is 13.3. The summed E-state index contributed by atoms with van der Waals surface area (Å²) in [6, 6.07) is -0.0549. The number of carbonyl (C=O) groups excluding carboxylic acids is 1. The average Bonchev–Trinajstić information content (AvgIpc) is 2.77. The Labute approximate surface area is 136 Å². The van der Waals surface area contributed by atoms with Gasteiger partial charge in [0.05, 0.1) is 17.3 Å². The first-order valence-corrected chi connectivity index (χ1v) is 8.12. The van der Waals surface area contributed by atoms with Crippen molar-refractivity contribution in [1.82, 2.24) is 20.0 Å². The van der Waals surface area contributed by atoms with Gasteiger partial charge in [-0.3, -0.25) is 4.68 Å². The Morgan fingerprint density at radius 2 is 2.36 bits per heavy atom. The zero-order valence-corrected chi connectivity index (χ0v) is 14.0. The van der Waals surface area contributed by atoms with Gasteiger partial charge in [-0.05, 0) is 24.7 Å². The third kappa shape index (κ3) is 5.18. The first-order chi connectivity index (χ1) is 10.4. The smallest absolute Gasteiger partial charge is 0.317 e. The van der Waals surface area contributed by atoms with E-state index >= 15 is 0 Å². The number of aryl methyl sites for hydroxylation is 1. The summed E-state index contributed by atoms with van der Waals surface area (Å²) in [4.78, 5) is 14.1. The highest BCUT2D eigenvalue weighted by molar-refractivity contribution is 6.30. The Bertz CT molecular complexity index is 503. The van der Waals surface area contributed by atoms with Gasteiger partial charge in [-0.1, -0.05) is 25.4 Å². The van der Waals surface area contributed by atoms with Crippen LogP contribution in [0.1, 0.15) is 33.1 Å². The minimum atomic E-state index is -0.322. The molecule has 2 rings (SSSR count). The van der Waals surface area contributed by atoms with E-state index in [9.17, 15) is 9.90 Å². The van der Waals surface area contributed by atoms with Crippen molar-refractivity contribution in [2.45, 2.75) is 45.8 Å². The van der Waals surface area contributed by atoms with E-state index in [1.54, 1.807) is 22.0 Å². The number of nitrogens with one attached hydrogen (secondary N) is 1. The van der Waals surface area contributed by atoms with Crippen molar-refractivity contribution in [2.24, 2.45) is 5.41 Å². The van der Waals surface area contributed by atoms with Crippen LogP contribution in [0.15, 0.2) is 12.4 Å².